The number of aryl methyl sites for hydroxylation is 2. The maximum absolute atomic E-state index is 11.3. The van der Waals surface area contributed by atoms with Crippen LogP contribution >= 0.6 is 0 Å². The Kier molecular flexibility index (Phi) is 4.61. The fourth-order valence-corrected chi connectivity index (χ4v) is 2.35. The second-order valence-corrected chi connectivity index (χ2v) is 4.92. The van der Waals surface area contributed by atoms with Crippen molar-refractivity contribution in [3.63, 3.8) is 0 Å². The van der Waals surface area contributed by atoms with Gasteiger partial charge in [0.25, 0.3) is 0 Å². The number of ether oxygens (including phenoxy) is 1. The van der Waals surface area contributed by atoms with Gasteiger partial charge in [-0.1, -0.05) is 24.3 Å². The Bertz CT molecular complexity index is 617. The van der Waals surface area contributed by atoms with E-state index in [4.69, 9.17) is 4.74 Å². The Morgan fingerprint density at radius 1 is 1.25 bits per heavy atom. The molecule has 0 amide bonds. The Morgan fingerprint density at radius 2 is 2.05 bits per heavy atom. The van der Waals surface area contributed by atoms with E-state index in [0.29, 0.717) is 18.8 Å². The Balaban J connectivity index is 2.05. The van der Waals surface area contributed by atoms with Crippen LogP contribution in [0.2, 0.25) is 0 Å². The van der Waals surface area contributed by atoms with Crippen molar-refractivity contribution in [2.75, 3.05) is 6.61 Å². The molecule has 3 nitrogen and oxygen atoms in total. The number of aromatic hydroxyl groups is 1. The summed E-state index contributed by atoms with van der Waals surface area (Å²) in [6, 6.07) is 9.85. The van der Waals surface area contributed by atoms with Crippen molar-refractivity contribution in [3.8, 4) is 5.75 Å². The Hall–Kier alpha value is -2.03. The molecule has 0 bridgehead atoms. The van der Waals surface area contributed by atoms with Gasteiger partial charge in [-0.25, -0.2) is 0 Å². The third-order valence-corrected chi connectivity index (χ3v) is 3.48. The molecule has 0 heterocycles. The average Bonchev–Trinajstić information content (AvgIpc) is 2.43. The van der Waals surface area contributed by atoms with Crippen molar-refractivity contribution in [2.45, 2.75) is 33.1 Å². The lowest BCUT2D eigenvalue weighted by molar-refractivity contribution is -0.143. The van der Waals surface area contributed by atoms with Gasteiger partial charge in [-0.3, -0.25) is 4.79 Å². The Labute approximate surface area is 119 Å². The zero-order chi connectivity index (χ0) is 14.5. The van der Waals surface area contributed by atoms with Gasteiger partial charge in [0, 0.05) is 6.42 Å². The van der Waals surface area contributed by atoms with E-state index in [1.807, 2.05) is 26.0 Å². The van der Waals surface area contributed by atoms with Gasteiger partial charge in [-0.2, -0.15) is 0 Å². The topological polar surface area (TPSA) is 46.5 Å². The van der Waals surface area contributed by atoms with E-state index < -0.39 is 0 Å². The molecule has 0 aliphatic carbocycles. The molecule has 2 aromatic rings. The van der Waals surface area contributed by atoms with Crippen LogP contribution in [0.3, 0.4) is 0 Å². The molecular formula is C17H20O3. The number of rotatable bonds is 5. The molecule has 106 valence electrons. The monoisotopic (exact) mass is 272 g/mol. The van der Waals surface area contributed by atoms with Gasteiger partial charge in [0.1, 0.15) is 5.75 Å². The van der Waals surface area contributed by atoms with Gasteiger partial charge in [0.05, 0.1) is 6.61 Å². The molecule has 0 spiro atoms. The second-order valence-electron chi connectivity index (χ2n) is 4.92. The van der Waals surface area contributed by atoms with Crippen LogP contribution < -0.4 is 0 Å². The van der Waals surface area contributed by atoms with Crippen LogP contribution in [-0.4, -0.2) is 17.7 Å². The highest BCUT2D eigenvalue weighted by Crippen LogP contribution is 2.27. The summed E-state index contributed by atoms with van der Waals surface area (Å²) in [5.74, 6) is 0.196. The summed E-state index contributed by atoms with van der Waals surface area (Å²) >= 11 is 0. The predicted octanol–water partition coefficient (Wildman–Crippen LogP) is 3.74. The van der Waals surface area contributed by atoms with Gasteiger partial charge in [0.2, 0.25) is 0 Å². The van der Waals surface area contributed by atoms with Gasteiger partial charge >= 0.3 is 5.97 Å². The molecule has 20 heavy (non-hydrogen) atoms. The van der Waals surface area contributed by atoms with E-state index in [0.717, 1.165) is 29.2 Å². The lowest BCUT2D eigenvalue weighted by Crippen LogP contribution is -2.03. The minimum atomic E-state index is -0.131. The third kappa shape index (κ3) is 3.29. The molecule has 0 fully saturated rings. The van der Waals surface area contributed by atoms with Gasteiger partial charge in [-0.15, -0.1) is 0 Å². The standard InChI is InChI=1S/C17H20O3/c1-3-20-17(19)6-4-5-13-7-9-15-12(2)16(18)10-8-14(15)11-13/h7-11,18H,3-6H2,1-2H3. The van der Waals surface area contributed by atoms with Crippen LogP contribution in [0.1, 0.15) is 30.9 Å². The highest BCUT2D eigenvalue weighted by atomic mass is 16.5. The van der Waals surface area contributed by atoms with Crippen LogP contribution in [0.25, 0.3) is 10.8 Å². The molecule has 2 aromatic carbocycles. The molecule has 1 N–H and O–H groups in total. The van der Waals surface area contributed by atoms with Crippen molar-refractivity contribution < 1.29 is 14.6 Å². The molecule has 0 aromatic heterocycles. The molecule has 3 heteroatoms. The summed E-state index contributed by atoms with van der Waals surface area (Å²) in [5, 5.41) is 11.9. The van der Waals surface area contributed by atoms with Crippen LogP contribution in [0.15, 0.2) is 30.3 Å². The normalized spacial score (nSPS) is 10.7. The number of hydrogen-bond donors (Lipinski definition) is 1. The fraction of sp³-hybridized carbons (Fsp3) is 0.353. The number of phenolic OH excluding ortho intramolecular Hbond substituents is 1. The number of phenols is 1. The molecule has 0 radical (unpaired) electrons. The van der Waals surface area contributed by atoms with E-state index in [9.17, 15) is 9.90 Å². The Morgan fingerprint density at radius 3 is 2.80 bits per heavy atom. The number of carbonyl (C=O) groups is 1. The number of benzene rings is 2. The van der Waals surface area contributed by atoms with E-state index in [1.54, 1.807) is 6.07 Å². The van der Waals surface area contributed by atoms with E-state index in [-0.39, 0.29) is 5.97 Å². The summed E-state index contributed by atoms with van der Waals surface area (Å²) in [6.07, 6.45) is 2.11. The first-order chi connectivity index (χ1) is 9.61. The van der Waals surface area contributed by atoms with Crippen LogP contribution in [0, 0.1) is 6.92 Å². The lowest BCUT2D eigenvalue weighted by Gasteiger charge is -2.07. The van der Waals surface area contributed by atoms with Crippen molar-refractivity contribution in [1.29, 1.82) is 0 Å². The average molecular weight is 272 g/mol. The van der Waals surface area contributed by atoms with Gasteiger partial charge in [-0.05, 0) is 54.7 Å². The molecule has 2 rings (SSSR count). The second kappa shape index (κ2) is 6.42. The first-order valence-electron chi connectivity index (χ1n) is 6.98. The molecule has 0 aliphatic rings. The molecular weight excluding hydrogens is 252 g/mol. The number of hydrogen-bond acceptors (Lipinski definition) is 3. The van der Waals surface area contributed by atoms with Crippen molar-refractivity contribution in [1.82, 2.24) is 0 Å². The summed E-state index contributed by atoms with van der Waals surface area (Å²) in [6.45, 7) is 4.18. The van der Waals surface area contributed by atoms with Gasteiger partial charge < -0.3 is 9.84 Å². The minimum absolute atomic E-state index is 0.131. The van der Waals surface area contributed by atoms with Crippen molar-refractivity contribution in [3.05, 3.63) is 41.5 Å². The van der Waals surface area contributed by atoms with E-state index in [1.165, 1.54) is 5.56 Å². The first kappa shape index (κ1) is 14.4. The predicted molar refractivity (Wildman–Crippen MR) is 79.9 cm³/mol. The highest BCUT2D eigenvalue weighted by Gasteiger charge is 2.05. The molecule has 0 saturated carbocycles. The van der Waals surface area contributed by atoms with Crippen molar-refractivity contribution >= 4 is 16.7 Å². The first-order valence-corrected chi connectivity index (χ1v) is 6.98. The molecule has 0 aliphatic heterocycles. The molecule has 0 unspecified atom stereocenters. The van der Waals surface area contributed by atoms with E-state index in [2.05, 4.69) is 12.1 Å². The maximum atomic E-state index is 11.3. The zero-order valence-electron chi connectivity index (χ0n) is 12.0. The van der Waals surface area contributed by atoms with Crippen LogP contribution in [-0.2, 0) is 16.0 Å². The zero-order valence-corrected chi connectivity index (χ0v) is 12.0. The number of esters is 1. The summed E-state index contributed by atoms with van der Waals surface area (Å²) in [4.78, 5) is 11.3. The smallest absolute Gasteiger partial charge is 0.305 e. The molecule has 0 saturated heterocycles. The SMILES string of the molecule is CCOC(=O)CCCc1ccc2c(C)c(O)ccc2c1. The van der Waals surface area contributed by atoms with Crippen molar-refractivity contribution in [2.24, 2.45) is 0 Å². The number of carbonyl (C=O) groups excluding carboxylic acids is 1. The van der Waals surface area contributed by atoms with Crippen LogP contribution in [0.5, 0.6) is 5.75 Å². The number of fused-ring (bicyclic) bond motifs is 1. The quantitative estimate of drug-likeness (QED) is 0.843. The lowest BCUT2D eigenvalue weighted by atomic mass is 10.00. The summed E-state index contributed by atoms with van der Waals surface area (Å²) in [5.41, 5.74) is 2.10. The van der Waals surface area contributed by atoms with Gasteiger partial charge in [0.15, 0.2) is 0 Å². The van der Waals surface area contributed by atoms with E-state index >= 15 is 0 Å². The van der Waals surface area contributed by atoms with Crippen LogP contribution in [0.4, 0.5) is 0 Å². The third-order valence-electron chi connectivity index (χ3n) is 3.48. The largest absolute Gasteiger partial charge is 0.508 e. The maximum Gasteiger partial charge on any atom is 0.305 e. The highest BCUT2D eigenvalue weighted by molar-refractivity contribution is 5.88. The molecule has 0 atom stereocenters. The summed E-state index contributed by atoms with van der Waals surface area (Å²) in [7, 11) is 0. The minimum Gasteiger partial charge on any atom is -0.508 e. The summed E-state index contributed by atoms with van der Waals surface area (Å²) < 4.78 is 4.91. The fourth-order valence-electron chi connectivity index (χ4n) is 2.35.